The minimum Gasteiger partial charge on any atom is -0.496 e. The summed E-state index contributed by atoms with van der Waals surface area (Å²) in [6.07, 6.45) is 2.09. The highest BCUT2D eigenvalue weighted by atomic mass is 32.2. The molecule has 2 heterocycles. The number of ether oxygens (including phenoxy) is 1. The monoisotopic (exact) mass is 453 g/mol. The second kappa shape index (κ2) is 8.83. The van der Waals surface area contributed by atoms with Gasteiger partial charge in [0.2, 0.25) is 5.91 Å². The van der Waals surface area contributed by atoms with Gasteiger partial charge in [-0.25, -0.2) is 0 Å². The first-order valence-corrected chi connectivity index (χ1v) is 10.6. The molecule has 3 amide bonds. The van der Waals surface area contributed by atoms with E-state index in [1.165, 1.54) is 36.9 Å². The van der Waals surface area contributed by atoms with E-state index in [-0.39, 0.29) is 23.0 Å². The van der Waals surface area contributed by atoms with Crippen LogP contribution >= 0.6 is 11.8 Å². The van der Waals surface area contributed by atoms with Crippen molar-refractivity contribution in [3.05, 3.63) is 74.2 Å². The summed E-state index contributed by atoms with van der Waals surface area (Å²) in [4.78, 5) is 51.2. The van der Waals surface area contributed by atoms with Gasteiger partial charge in [0, 0.05) is 30.8 Å². The molecule has 0 bridgehead atoms. The zero-order chi connectivity index (χ0) is 22.8. The van der Waals surface area contributed by atoms with Crippen molar-refractivity contribution in [2.24, 2.45) is 0 Å². The first kappa shape index (κ1) is 21.6. The molecule has 0 atom stereocenters. The standard InChI is InChI=1S/C22H19N3O6S/c1-31-18-7-6-17(25(29)30)10-16(18)11-19-21(27)24(22(28)32-19)13-20(26)23-9-8-14-4-2-3-5-15(14)12-23/h2-7,10-11H,8-9,12-13H2,1H3/b19-11+. The molecule has 2 aliphatic rings. The van der Waals surface area contributed by atoms with Crippen molar-refractivity contribution >= 4 is 40.6 Å². The normalized spacial score (nSPS) is 17.0. The van der Waals surface area contributed by atoms with Gasteiger partial charge in [-0.05, 0) is 41.5 Å². The van der Waals surface area contributed by atoms with E-state index in [2.05, 4.69) is 0 Å². The minimum atomic E-state index is -0.612. The van der Waals surface area contributed by atoms with E-state index in [9.17, 15) is 24.5 Å². The molecular formula is C22H19N3O6S. The number of non-ortho nitro benzene ring substituents is 1. The number of fused-ring (bicyclic) bond motifs is 1. The maximum Gasteiger partial charge on any atom is 0.294 e. The molecule has 0 radical (unpaired) electrons. The Labute approximate surface area is 187 Å². The van der Waals surface area contributed by atoms with Crippen LogP contribution in [-0.2, 0) is 22.6 Å². The molecule has 0 N–H and O–H groups in total. The summed E-state index contributed by atoms with van der Waals surface area (Å²) in [5, 5.41) is 10.5. The summed E-state index contributed by atoms with van der Waals surface area (Å²) in [6, 6.07) is 11.8. The van der Waals surface area contributed by atoms with Crippen molar-refractivity contribution in [3.8, 4) is 5.75 Å². The highest BCUT2D eigenvalue weighted by Gasteiger charge is 2.37. The molecule has 4 rings (SSSR count). The van der Waals surface area contributed by atoms with Gasteiger partial charge in [-0.15, -0.1) is 0 Å². The van der Waals surface area contributed by atoms with Crippen molar-refractivity contribution < 1.29 is 24.0 Å². The molecule has 1 fully saturated rings. The van der Waals surface area contributed by atoms with E-state index in [0.29, 0.717) is 36.2 Å². The van der Waals surface area contributed by atoms with Crippen LogP contribution in [0, 0.1) is 10.1 Å². The van der Waals surface area contributed by atoms with Crippen LogP contribution in [0.2, 0.25) is 0 Å². The van der Waals surface area contributed by atoms with E-state index in [1.54, 1.807) is 4.90 Å². The number of amides is 3. The molecule has 2 aromatic rings. The van der Waals surface area contributed by atoms with Gasteiger partial charge in [-0.1, -0.05) is 24.3 Å². The molecule has 0 spiro atoms. The average Bonchev–Trinajstić information content (AvgIpc) is 3.05. The summed E-state index contributed by atoms with van der Waals surface area (Å²) in [5.74, 6) is -0.597. The predicted molar refractivity (Wildman–Crippen MR) is 118 cm³/mol. The summed E-state index contributed by atoms with van der Waals surface area (Å²) in [7, 11) is 1.40. The molecule has 0 aliphatic carbocycles. The molecule has 164 valence electrons. The number of hydrogen-bond donors (Lipinski definition) is 0. The SMILES string of the molecule is COc1ccc([N+](=O)[O-])cc1/C=C1/SC(=O)N(CC(=O)N2CCc3ccccc3C2)C1=O. The van der Waals surface area contributed by atoms with E-state index < -0.39 is 16.1 Å². The second-order valence-electron chi connectivity index (χ2n) is 7.29. The van der Waals surface area contributed by atoms with Crippen LogP contribution in [0.15, 0.2) is 47.4 Å². The fourth-order valence-electron chi connectivity index (χ4n) is 3.67. The van der Waals surface area contributed by atoms with Gasteiger partial charge in [0.15, 0.2) is 0 Å². The summed E-state index contributed by atoms with van der Waals surface area (Å²) < 4.78 is 5.20. The van der Waals surface area contributed by atoms with Crippen LogP contribution in [0.3, 0.4) is 0 Å². The summed E-state index contributed by atoms with van der Waals surface area (Å²) in [6.45, 7) is 0.606. The third-order valence-electron chi connectivity index (χ3n) is 5.36. The molecule has 0 aromatic heterocycles. The molecule has 9 nitrogen and oxygen atoms in total. The van der Waals surface area contributed by atoms with Gasteiger partial charge in [-0.3, -0.25) is 29.4 Å². The number of carbonyl (C=O) groups excluding carboxylic acids is 3. The Morgan fingerprint density at radius 1 is 1.22 bits per heavy atom. The largest absolute Gasteiger partial charge is 0.496 e. The first-order valence-electron chi connectivity index (χ1n) is 9.79. The van der Waals surface area contributed by atoms with Gasteiger partial charge in [-0.2, -0.15) is 0 Å². The van der Waals surface area contributed by atoms with Crippen LogP contribution in [0.4, 0.5) is 10.5 Å². The van der Waals surface area contributed by atoms with Crippen molar-refractivity contribution in [1.82, 2.24) is 9.80 Å². The van der Waals surface area contributed by atoms with Crippen LogP contribution in [0.5, 0.6) is 5.75 Å². The van der Waals surface area contributed by atoms with Crippen LogP contribution in [0.25, 0.3) is 6.08 Å². The zero-order valence-corrected chi connectivity index (χ0v) is 18.0. The first-order chi connectivity index (χ1) is 15.4. The number of rotatable bonds is 5. The summed E-state index contributed by atoms with van der Waals surface area (Å²) >= 11 is 0.690. The Morgan fingerprint density at radius 3 is 2.69 bits per heavy atom. The molecule has 1 saturated heterocycles. The van der Waals surface area contributed by atoms with E-state index in [0.717, 1.165) is 16.9 Å². The molecule has 32 heavy (non-hydrogen) atoms. The summed E-state index contributed by atoms with van der Waals surface area (Å²) in [5.41, 5.74) is 2.37. The molecular weight excluding hydrogens is 434 g/mol. The highest BCUT2D eigenvalue weighted by molar-refractivity contribution is 8.18. The molecule has 2 aliphatic heterocycles. The lowest BCUT2D eigenvalue weighted by atomic mass is 10.00. The predicted octanol–water partition coefficient (Wildman–Crippen LogP) is 3.22. The van der Waals surface area contributed by atoms with Crippen LogP contribution in [0.1, 0.15) is 16.7 Å². The van der Waals surface area contributed by atoms with E-state index in [1.807, 2.05) is 24.3 Å². The number of thioether (sulfide) groups is 1. The van der Waals surface area contributed by atoms with Gasteiger partial charge < -0.3 is 9.64 Å². The third kappa shape index (κ3) is 4.22. The van der Waals surface area contributed by atoms with Crippen molar-refractivity contribution in [2.45, 2.75) is 13.0 Å². The lowest BCUT2D eigenvalue weighted by Gasteiger charge is -2.29. The number of nitro groups is 1. The molecule has 0 unspecified atom stereocenters. The maximum atomic E-state index is 12.8. The Hall–Kier alpha value is -3.66. The Morgan fingerprint density at radius 2 is 1.97 bits per heavy atom. The van der Waals surface area contributed by atoms with Gasteiger partial charge in [0.25, 0.3) is 16.8 Å². The topological polar surface area (TPSA) is 110 Å². The molecule has 0 saturated carbocycles. The minimum absolute atomic E-state index is 0.0746. The fourth-order valence-corrected chi connectivity index (χ4v) is 4.50. The van der Waals surface area contributed by atoms with Crippen LogP contribution < -0.4 is 4.74 Å². The quantitative estimate of drug-likeness (QED) is 0.388. The smallest absolute Gasteiger partial charge is 0.294 e. The van der Waals surface area contributed by atoms with Crippen molar-refractivity contribution in [3.63, 3.8) is 0 Å². The fraction of sp³-hybridized carbons (Fsp3) is 0.227. The zero-order valence-electron chi connectivity index (χ0n) is 17.1. The number of carbonyl (C=O) groups is 3. The Kier molecular flexibility index (Phi) is 5.95. The highest BCUT2D eigenvalue weighted by Crippen LogP contribution is 2.35. The maximum absolute atomic E-state index is 12.8. The molecule has 2 aromatic carbocycles. The number of benzene rings is 2. The third-order valence-corrected chi connectivity index (χ3v) is 6.27. The average molecular weight is 453 g/mol. The van der Waals surface area contributed by atoms with E-state index in [4.69, 9.17) is 4.74 Å². The van der Waals surface area contributed by atoms with Gasteiger partial charge in [0.05, 0.1) is 16.9 Å². The second-order valence-corrected chi connectivity index (χ2v) is 8.28. The van der Waals surface area contributed by atoms with Crippen LogP contribution in [-0.4, -0.2) is 52.0 Å². The van der Waals surface area contributed by atoms with Crippen molar-refractivity contribution in [1.29, 1.82) is 0 Å². The van der Waals surface area contributed by atoms with Gasteiger partial charge >= 0.3 is 0 Å². The Bertz CT molecular complexity index is 1160. The number of hydrogen-bond acceptors (Lipinski definition) is 7. The van der Waals surface area contributed by atoms with Crippen molar-refractivity contribution in [2.75, 3.05) is 20.2 Å². The number of imide groups is 1. The van der Waals surface area contributed by atoms with E-state index >= 15 is 0 Å². The number of methoxy groups -OCH3 is 1. The number of nitrogens with zero attached hydrogens (tertiary/aromatic N) is 3. The number of nitro benzene ring substituents is 1. The Balaban J connectivity index is 1.51. The lowest BCUT2D eigenvalue weighted by Crippen LogP contribution is -2.44. The lowest BCUT2D eigenvalue weighted by molar-refractivity contribution is -0.384. The van der Waals surface area contributed by atoms with Gasteiger partial charge in [0.1, 0.15) is 12.3 Å². The molecule has 10 heteroatoms.